The van der Waals surface area contributed by atoms with E-state index in [9.17, 15) is 0 Å². The third-order valence-corrected chi connectivity index (χ3v) is 2.84. The number of H-pyrrole nitrogens is 1. The summed E-state index contributed by atoms with van der Waals surface area (Å²) in [6, 6.07) is 1.87. The molecule has 74 valence electrons. The zero-order valence-electron chi connectivity index (χ0n) is 7.95. The molecule has 3 N–H and O–H groups in total. The largest absolute Gasteiger partial charge is 0.397 e. The van der Waals surface area contributed by atoms with Crippen LogP contribution in [0.1, 0.15) is 19.2 Å². The molecule has 2 rings (SSSR count). The molecule has 2 aromatic heterocycles. The van der Waals surface area contributed by atoms with Gasteiger partial charge >= 0.3 is 0 Å². The normalized spacial score (nSPS) is 10.6. The summed E-state index contributed by atoms with van der Waals surface area (Å²) in [6.07, 6.45) is 1.99. The molecule has 0 unspecified atom stereocenters. The molecule has 0 aliphatic rings. The Bertz CT molecular complexity index is 418. The summed E-state index contributed by atoms with van der Waals surface area (Å²) >= 11 is 1.56. The van der Waals surface area contributed by atoms with Crippen molar-refractivity contribution in [1.82, 2.24) is 15.2 Å². The summed E-state index contributed by atoms with van der Waals surface area (Å²) in [7, 11) is 0. The van der Waals surface area contributed by atoms with Gasteiger partial charge in [-0.25, -0.2) is 4.98 Å². The van der Waals surface area contributed by atoms with E-state index < -0.39 is 0 Å². The van der Waals surface area contributed by atoms with E-state index >= 15 is 0 Å². The van der Waals surface area contributed by atoms with Crippen LogP contribution in [0.4, 0.5) is 5.69 Å². The van der Waals surface area contributed by atoms with Crippen molar-refractivity contribution in [3.63, 3.8) is 0 Å². The van der Waals surface area contributed by atoms with Crippen LogP contribution in [-0.4, -0.2) is 15.2 Å². The van der Waals surface area contributed by atoms with Gasteiger partial charge < -0.3 is 5.73 Å². The number of anilines is 1. The predicted octanol–water partition coefficient (Wildman–Crippen LogP) is 2.07. The summed E-state index contributed by atoms with van der Waals surface area (Å²) in [4.78, 5) is 5.31. The average molecular weight is 208 g/mol. The molecule has 0 aliphatic carbocycles. The molecule has 0 radical (unpaired) electrons. The standard InChI is InChI=1S/C9H12N4S/c1-2-3-7-11-9(13-12-7)8-6(10)4-5-14-8/h4-5H,2-3,10H2,1H3,(H,11,12,13). The van der Waals surface area contributed by atoms with Crippen LogP contribution in [0.3, 0.4) is 0 Å². The van der Waals surface area contributed by atoms with Crippen molar-refractivity contribution in [3.05, 3.63) is 17.3 Å². The molecule has 14 heavy (non-hydrogen) atoms. The van der Waals surface area contributed by atoms with Crippen molar-refractivity contribution in [1.29, 1.82) is 0 Å². The molecular formula is C9H12N4S. The highest BCUT2D eigenvalue weighted by atomic mass is 32.1. The molecule has 0 bridgehead atoms. The maximum Gasteiger partial charge on any atom is 0.193 e. The first-order chi connectivity index (χ1) is 6.81. The number of aryl methyl sites for hydroxylation is 1. The zero-order chi connectivity index (χ0) is 9.97. The van der Waals surface area contributed by atoms with E-state index in [4.69, 9.17) is 5.73 Å². The highest BCUT2D eigenvalue weighted by molar-refractivity contribution is 7.14. The minimum Gasteiger partial charge on any atom is -0.397 e. The van der Waals surface area contributed by atoms with Crippen LogP contribution in [0.5, 0.6) is 0 Å². The molecular weight excluding hydrogens is 196 g/mol. The number of hydrogen-bond donors (Lipinski definition) is 2. The van der Waals surface area contributed by atoms with Gasteiger partial charge in [-0.15, -0.1) is 11.3 Å². The Morgan fingerprint density at radius 1 is 1.57 bits per heavy atom. The number of aromatic amines is 1. The molecule has 0 fully saturated rings. The van der Waals surface area contributed by atoms with E-state index in [1.807, 2.05) is 11.4 Å². The van der Waals surface area contributed by atoms with Crippen molar-refractivity contribution in [3.8, 4) is 10.7 Å². The lowest BCUT2D eigenvalue weighted by atomic mass is 10.3. The van der Waals surface area contributed by atoms with Crippen molar-refractivity contribution in [2.45, 2.75) is 19.8 Å². The van der Waals surface area contributed by atoms with E-state index in [0.29, 0.717) is 5.82 Å². The van der Waals surface area contributed by atoms with Gasteiger partial charge in [-0.2, -0.15) is 5.10 Å². The molecule has 0 aromatic carbocycles. The highest BCUT2D eigenvalue weighted by Gasteiger charge is 2.09. The number of nitrogens with one attached hydrogen (secondary N) is 1. The fourth-order valence-corrected chi connectivity index (χ4v) is 2.00. The minimum absolute atomic E-state index is 0.709. The third-order valence-electron chi connectivity index (χ3n) is 1.92. The molecule has 0 spiro atoms. The van der Waals surface area contributed by atoms with Crippen LogP contribution in [0.15, 0.2) is 11.4 Å². The molecule has 0 aliphatic heterocycles. The maximum atomic E-state index is 5.77. The molecule has 5 heteroatoms. The predicted molar refractivity (Wildman–Crippen MR) is 58.1 cm³/mol. The van der Waals surface area contributed by atoms with Crippen LogP contribution in [0.2, 0.25) is 0 Å². The van der Waals surface area contributed by atoms with Crippen molar-refractivity contribution in [2.75, 3.05) is 5.73 Å². The number of aromatic nitrogens is 3. The summed E-state index contributed by atoms with van der Waals surface area (Å²) in [5.74, 6) is 1.64. The van der Waals surface area contributed by atoms with E-state index in [1.165, 1.54) is 0 Å². The Labute approximate surface area is 86.2 Å². The van der Waals surface area contributed by atoms with Gasteiger partial charge in [-0.3, -0.25) is 5.10 Å². The third kappa shape index (κ3) is 1.63. The van der Waals surface area contributed by atoms with Crippen LogP contribution < -0.4 is 5.73 Å². The van der Waals surface area contributed by atoms with Gasteiger partial charge in [-0.1, -0.05) is 6.92 Å². The Morgan fingerprint density at radius 3 is 3.07 bits per heavy atom. The molecule has 0 amide bonds. The Kier molecular flexibility index (Phi) is 2.49. The van der Waals surface area contributed by atoms with Crippen molar-refractivity contribution >= 4 is 17.0 Å². The van der Waals surface area contributed by atoms with Crippen LogP contribution in [-0.2, 0) is 6.42 Å². The van der Waals surface area contributed by atoms with Crippen LogP contribution in [0, 0.1) is 0 Å². The molecule has 0 atom stereocenters. The second-order valence-corrected chi connectivity index (χ2v) is 3.98. The summed E-state index contributed by atoms with van der Waals surface area (Å²) in [6.45, 7) is 2.11. The van der Waals surface area contributed by atoms with E-state index in [2.05, 4.69) is 22.1 Å². The number of thiophene rings is 1. The zero-order valence-corrected chi connectivity index (χ0v) is 8.77. The van der Waals surface area contributed by atoms with Crippen molar-refractivity contribution < 1.29 is 0 Å². The highest BCUT2D eigenvalue weighted by Crippen LogP contribution is 2.28. The van der Waals surface area contributed by atoms with Gasteiger partial charge in [0.2, 0.25) is 0 Å². The average Bonchev–Trinajstić information content (AvgIpc) is 2.74. The fourth-order valence-electron chi connectivity index (χ4n) is 1.25. The van der Waals surface area contributed by atoms with Gasteiger partial charge in [0.1, 0.15) is 5.82 Å². The lowest BCUT2D eigenvalue weighted by Gasteiger charge is -1.90. The van der Waals surface area contributed by atoms with E-state index in [-0.39, 0.29) is 0 Å². The van der Waals surface area contributed by atoms with Crippen molar-refractivity contribution in [2.24, 2.45) is 0 Å². The minimum atomic E-state index is 0.709. The number of hydrogen-bond acceptors (Lipinski definition) is 4. The lowest BCUT2D eigenvalue weighted by molar-refractivity contribution is 0.841. The van der Waals surface area contributed by atoms with E-state index in [0.717, 1.165) is 29.2 Å². The molecule has 4 nitrogen and oxygen atoms in total. The van der Waals surface area contributed by atoms with Gasteiger partial charge in [0, 0.05) is 6.42 Å². The van der Waals surface area contributed by atoms with Gasteiger partial charge in [0.15, 0.2) is 5.82 Å². The number of nitrogen functional groups attached to an aromatic ring is 1. The van der Waals surface area contributed by atoms with Crippen LogP contribution >= 0.6 is 11.3 Å². The Morgan fingerprint density at radius 2 is 2.43 bits per heavy atom. The monoisotopic (exact) mass is 208 g/mol. The Balaban J connectivity index is 2.29. The Hall–Kier alpha value is -1.36. The molecule has 0 saturated heterocycles. The number of nitrogens with zero attached hydrogens (tertiary/aromatic N) is 2. The number of rotatable bonds is 3. The van der Waals surface area contributed by atoms with Gasteiger partial charge in [0.25, 0.3) is 0 Å². The molecule has 0 saturated carbocycles. The topological polar surface area (TPSA) is 67.6 Å². The second-order valence-electron chi connectivity index (χ2n) is 3.06. The molecule has 2 heterocycles. The van der Waals surface area contributed by atoms with Gasteiger partial charge in [0.05, 0.1) is 10.6 Å². The molecule has 2 aromatic rings. The van der Waals surface area contributed by atoms with Gasteiger partial charge in [-0.05, 0) is 17.9 Å². The van der Waals surface area contributed by atoms with Crippen LogP contribution in [0.25, 0.3) is 10.7 Å². The quantitative estimate of drug-likeness (QED) is 0.811. The summed E-state index contributed by atoms with van der Waals surface area (Å²) in [5, 5.41) is 8.99. The lowest BCUT2D eigenvalue weighted by Crippen LogP contribution is -1.86. The number of nitrogens with two attached hydrogens (primary N) is 1. The first kappa shape index (κ1) is 9.21. The maximum absolute atomic E-state index is 5.77. The second kappa shape index (κ2) is 3.79. The first-order valence-corrected chi connectivity index (χ1v) is 5.44. The fraction of sp³-hybridized carbons (Fsp3) is 0.333. The summed E-state index contributed by atoms with van der Waals surface area (Å²) < 4.78 is 0. The smallest absolute Gasteiger partial charge is 0.193 e. The van der Waals surface area contributed by atoms with E-state index in [1.54, 1.807) is 11.3 Å². The SMILES string of the molecule is CCCc1nc(-c2sccc2N)n[nH]1. The first-order valence-electron chi connectivity index (χ1n) is 4.56. The summed E-state index contributed by atoms with van der Waals surface area (Å²) in [5.41, 5.74) is 6.52.